The van der Waals surface area contributed by atoms with Gasteiger partial charge in [-0.2, -0.15) is 4.98 Å². The predicted octanol–water partition coefficient (Wildman–Crippen LogP) is 2.86. The SMILES string of the molecule is CCc1nc(N)cc(Oc2cccc(C)c2F)n1. The number of nitrogens with zero attached hydrogens (tertiary/aromatic N) is 2. The fraction of sp³-hybridized carbons (Fsp3) is 0.231. The van der Waals surface area contributed by atoms with Crippen molar-refractivity contribution in [2.75, 3.05) is 5.73 Å². The molecule has 0 saturated carbocycles. The van der Waals surface area contributed by atoms with Crippen molar-refractivity contribution >= 4 is 5.82 Å². The number of rotatable bonds is 3. The molecule has 1 aromatic carbocycles. The van der Waals surface area contributed by atoms with Crippen molar-refractivity contribution in [1.82, 2.24) is 9.97 Å². The number of nitrogen functional groups attached to an aromatic ring is 1. The van der Waals surface area contributed by atoms with Crippen LogP contribution in [0.5, 0.6) is 11.6 Å². The summed E-state index contributed by atoms with van der Waals surface area (Å²) in [6.45, 7) is 3.58. The topological polar surface area (TPSA) is 61.0 Å². The third kappa shape index (κ3) is 2.56. The molecule has 0 radical (unpaired) electrons. The van der Waals surface area contributed by atoms with E-state index in [2.05, 4.69) is 9.97 Å². The Balaban J connectivity index is 2.34. The van der Waals surface area contributed by atoms with Gasteiger partial charge in [0.1, 0.15) is 11.6 Å². The minimum Gasteiger partial charge on any atom is -0.436 e. The highest BCUT2D eigenvalue weighted by atomic mass is 19.1. The predicted molar refractivity (Wildman–Crippen MR) is 67.0 cm³/mol. The quantitative estimate of drug-likeness (QED) is 0.905. The third-order valence-corrected chi connectivity index (χ3v) is 2.46. The van der Waals surface area contributed by atoms with E-state index in [-0.39, 0.29) is 11.6 Å². The fourth-order valence-electron chi connectivity index (χ4n) is 1.51. The highest BCUT2D eigenvalue weighted by Gasteiger charge is 2.09. The van der Waals surface area contributed by atoms with Gasteiger partial charge in [0.25, 0.3) is 0 Å². The molecule has 94 valence electrons. The molecule has 1 heterocycles. The Bertz CT molecular complexity index is 572. The molecule has 0 bridgehead atoms. The van der Waals surface area contributed by atoms with Crippen LogP contribution < -0.4 is 10.5 Å². The Hall–Kier alpha value is -2.17. The van der Waals surface area contributed by atoms with E-state index in [9.17, 15) is 4.39 Å². The standard InChI is InChI=1S/C13H14FN3O/c1-3-11-16-10(15)7-12(17-11)18-9-6-4-5-8(2)13(9)14/h4-7H,3H2,1-2H3,(H2,15,16,17). The number of nitrogens with two attached hydrogens (primary N) is 1. The number of hydrogen-bond acceptors (Lipinski definition) is 4. The number of anilines is 1. The molecule has 0 aliphatic heterocycles. The summed E-state index contributed by atoms with van der Waals surface area (Å²) in [5.41, 5.74) is 6.15. The molecule has 5 heteroatoms. The van der Waals surface area contributed by atoms with Crippen molar-refractivity contribution in [3.63, 3.8) is 0 Å². The average molecular weight is 247 g/mol. The van der Waals surface area contributed by atoms with E-state index in [4.69, 9.17) is 10.5 Å². The summed E-state index contributed by atoms with van der Waals surface area (Å²) in [6, 6.07) is 6.42. The van der Waals surface area contributed by atoms with Crippen molar-refractivity contribution in [3.05, 3.63) is 41.5 Å². The number of aromatic nitrogens is 2. The zero-order valence-corrected chi connectivity index (χ0v) is 10.3. The lowest BCUT2D eigenvalue weighted by atomic mass is 10.2. The van der Waals surface area contributed by atoms with Gasteiger partial charge in [-0.25, -0.2) is 9.37 Å². The van der Waals surface area contributed by atoms with E-state index in [1.165, 1.54) is 6.07 Å². The zero-order valence-electron chi connectivity index (χ0n) is 10.3. The number of benzene rings is 1. The van der Waals surface area contributed by atoms with Crippen LogP contribution in [0.3, 0.4) is 0 Å². The van der Waals surface area contributed by atoms with Crippen molar-refractivity contribution in [1.29, 1.82) is 0 Å². The van der Waals surface area contributed by atoms with E-state index < -0.39 is 5.82 Å². The lowest BCUT2D eigenvalue weighted by Gasteiger charge is -2.08. The molecular formula is C13H14FN3O. The molecule has 0 unspecified atom stereocenters. The molecule has 1 aromatic heterocycles. The lowest BCUT2D eigenvalue weighted by Crippen LogP contribution is -2.01. The summed E-state index contributed by atoms with van der Waals surface area (Å²) in [7, 11) is 0. The molecule has 0 saturated heterocycles. The van der Waals surface area contributed by atoms with E-state index in [0.29, 0.717) is 23.6 Å². The second-order valence-corrected chi connectivity index (χ2v) is 3.89. The van der Waals surface area contributed by atoms with Gasteiger partial charge in [0.15, 0.2) is 11.6 Å². The van der Waals surface area contributed by atoms with Crippen LogP contribution >= 0.6 is 0 Å². The Kier molecular flexibility index (Phi) is 3.41. The van der Waals surface area contributed by atoms with Crippen molar-refractivity contribution in [2.45, 2.75) is 20.3 Å². The number of halogens is 1. The smallest absolute Gasteiger partial charge is 0.224 e. The van der Waals surface area contributed by atoms with Crippen LogP contribution in [0.2, 0.25) is 0 Å². The molecule has 0 spiro atoms. The first-order chi connectivity index (χ1) is 8.60. The Morgan fingerprint density at radius 3 is 2.83 bits per heavy atom. The molecule has 0 aliphatic rings. The van der Waals surface area contributed by atoms with Crippen molar-refractivity contribution < 1.29 is 9.13 Å². The second-order valence-electron chi connectivity index (χ2n) is 3.89. The Labute approximate surface area is 105 Å². The normalized spacial score (nSPS) is 10.4. The average Bonchev–Trinajstić information content (AvgIpc) is 2.34. The molecule has 0 atom stereocenters. The van der Waals surface area contributed by atoms with E-state index in [1.807, 2.05) is 6.92 Å². The third-order valence-electron chi connectivity index (χ3n) is 2.46. The molecular weight excluding hydrogens is 233 g/mol. The maximum absolute atomic E-state index is 13.8. The molecule has 2 aromatic rings. The fourth-order valence-corrected chi connectivity index (χ4v) is 1.51. The van der Waals surface area contributed by atoms with Crippen LogP contribution in [-0.4, -0.2) is 9.97 Å². The van der Waals surface area contributed by atoms with Crippen LogP contribution in [-0.2, 0) is 6.42 Å². The molecule has 2 rings (SSSR count). The van der Waals surface area contributed by atoms with Gasteiger partial charge in [-0.15, -0.1) is 0 Å². The lowest BCUT2D eigenvalue weighted by molar-refractivity contribution is 0.423. The van der Waals surface area contributed by atoms with Crippen LogP contribution in [0.1, 0.15) is 18.3 Å². The first kappa shape index (κ1) is 12.3. The van der Waals surface area contributed by atoms with Crippen molar-refractivity contribution in [3.8, 4) is 11.6 Å². The van der Waals surface area contributed by atoms with Crippen LogP contribution in [0.15, 0.2) is 24.3 Å². The summed E-state index contributed by atoms with van der Waals surface area (Å²) >= 11 is 0. The molecule has 4 nitrogen and oxygen atoms in total. The molecule has 18 heavy (non-hydrogen) atoms. The van der Waals surface area contributed by atoms with E-state index >= 15 is 0 Å². The molecule has 0 fully saturated rings. The summed E-state index contributed by atoms with van der Waals surface area (Å²) in [5, 5.41) is 0. The summed E-state index contributed by atoms with van der Waals surface area (Å²) in [6.07, 6.45) is 0.637. The Morgan fingerprint density at radius 1 is 1.33 bits per heavy atom. The first-order valence-electron chi connectivity index (χ1n) is 5.66. The summed E-state index contributed by atoms with van der Waals surface area (Å²) in [4.78, 5) is 8.16. The maximum atomic E-state index is 13.8. The second kappa shape index (κ2) is 5.00. The highest BCUT2D eigenvalue weighted by Crippen LogP contribution is 2.25. The minimum atomic E-state index is -0.396. The monoisotopic (exact) mass is 247 g/mol. The van der Waals surface area contributed by atoms with Crippen LogP contribution in [0.4, 0.5) is 10.2 Å². The maximum Gasteiger partial charge on any atom is 0.224 e. The van der Waals surface area contributed by atoms with Gasteiger partial charge in [0.05, 0.1) is 0 Å². The van der Waals surface area contributed by atoms with Gasteiger partial charge < -0.3 is 10.5 Å². The number of ether oxygens (including phenoxy) is 1. The largest absolute Gasteiger partial charge is 0.436 e. The van der Waals surface area contributed by atoms with Crippen molar-refractivity contribution in [2.24, 2.45) is 0 Å². The number of aryl methyl sites for hydroxylation is 2. The Morgan fingerprint density at radius 2 is 2.11 bits per heavy atom. The highest BCUT2D eigenvalue weighted by molar-refractivity contribution is 5.37. The van der Waals surface area contributed by atoms with E-state index in [1.54, 1.807) is 25.1 Å². The first-order valence-corrected chi connectivity index (χ1v) is 5.66. The van der Waals surface area contributed by atoms with Crippen LogP contribution in [0.25, 0.3) is 0 Å². The van der Waals surface area contributed by atoms with Crippen LogP contribution in [0, 0.1) is 12.7 Å². The number of hydrogen-bond donors (Lipinski definition) is 1. The molecule has 0 aliphatic carbocycles. The van der Waals surface area contributed by atoms with Gasteiger partial charge >= 0.3 is 0 Å². The van der Waals surface area contributed by atoms with Gasteiger partial charge in [0.2, 0.25) is 5.88 Å². The van der Waals surface area contributed by atoms with E-state index in [0.717, 1.165) is 0 Å². The minimum absolute atomic E-state index is 0.134. The van der Waals surface area contributed by atoms with Gasteiger partial charge in [-0.1, -0.05) is 19.1 Å². The summed E-state index contributed by atoms with van der Waals surface area (Å²) < 4.78 is 19.2. The van der Waals surface area contributed by atoms with Gasteiger partial charge in [-0.3, -0.25) is 0 Å². The molecule has 2 N–H and O–H groups in total. The van der Waals surface area contributed by atoms with Gasteiger partial charge in [0, 0.05) is 12.5 Å². The molecule has 0 amide bonds. The van der Waals surface area contributed by atoms with Gasteiger partial charge in [-0.05, 0) is 18.6 Å². The zero-order chi connectivity index (χ0) is 13.1. The summed E-state index contributed by atoms with van der Waals surface area (Å²) in [5.74, 6) is 0.870.